The minimum Gasteiger partial charge on any atom is -0.468 e. The Balaban J connectivity index is 1.44. The highest BCUT2D eigenvalue weighted by atomic mass is 16.6. The van der Waals surface area contributed by atoms with Crippen LogP contribution in [0.15, 0.2) is 51.7 Å². The Kier molecular flexibility index (Phi) is 5.01. The van der Waals surface area contributed by atoms with Gasteiger partial charge in [-0.3, -0.25) is 9.36 Å². The number of nitrogens with zero attached hydrogens (tertiary/aromatic N) is 3. The number of hydrogen-bond donors (Lipinski definition) is 1. The maximum atomic E-state index is 12.6. The largest absolute Gasteiger partial charge is 0.468 e. The van der Waals surface area contributed by atoms with Crippen LogP contribution in [0.2, 0.25) is 0 Å². The smallest absolute Gasteiger partial charge is 0.343 e. The van der Waals surface area contributed by atoms with Crippen LogP contribution in [0.1, 0.15) is 40.7 Å². The van der Waals surface area contributed by atoms with Crippen LogP contribution in [0, 0.1) is 0 Å². The number of ether oxygens (including phenoxy) is 1. The molecule has 1 N–H and O–H groups in total. The molecule has 0 unspecified atom stereocenters. The van der Waals surface area contributed by atoms with Crippen molar-refractivity contribution in [3.63, 3.8) is 0 Å². The lowest BCUT2D eigenvalue weighted by molar-refractivity contribution is 0.0672. The van der Waals surface area contributed by atoms with Crippen molar-refractivity contribution in [3.05, 3.63) is 70.1 Å². The van der Waals surface area contributed by atoms with E-state index in [2.05, 4.69) is 10.2 Å². The van der Waals surface area contributed by atoms with Crippen molar-refractivity contribution in [1.82, 2.24) is 19.7 Å². The first-order valence-electron chi connectivity index (χ1n) is 9.28. The SMILES string of the molecule is COc1ccc(C(=O)N2CCC(c3n[nH]c(=O)n3Cc3ccccc3)CC2)o1. The Morgan fingerprint density at radius 3 is 2.64 bits per heavy atom. The van der Waals surface area contributed by atoms with E-state index in [0.29, 0.717) is 25.6 Å². The molecule has 8 heteroatoms. The lowest BCUT2D eigenvalue weighted by Crippen LogP contribution is -2.38. The number of piperidine rings is 1. The first-order chi connectivity index (χ1) is 13.7. The van der Waals surface area contributed by atoms with Crippen molar-refractivity contribution in [2.75, 3.05) is 20.2 Å². The van der Waals surface area contributed by atoms with Crippen molar-refractivity contribution in [2.24, 2.45) is 0 Å². The van der Waals surface area contributed by atoms with E-state index in [0.717, 1.165) is 24.2 Å². The molecule has 3 heterocycles. The second kappa shape index (κ2) is 7.75. The molecule has 146 valence electrons. The summed E-state index contributed by atoms with van der Waals surface area (Å²) in [5, 5.41) is 6.84. The third-order valence-electron chi connectivity index (χ3n) is 5.11. The number of furan rings is 1. The highest BCUT2D eigenvalue weighted by Crippen LogP contribution is 2.28. The van der Waals surface area contributed by atoms with Crippen LogP contribution in [-0.2, 0) is 6.54 Å². The van der Waals surface area contributed by atoms with E-state index in [9.17, 15) is 9.59 Å². The molecule has 4 rings (SSSR count). The molecule has 3 aromatic rings. The third-order valence-corrected chi connectivity index (χ3v) is 5.11. The zero-order valence-electron chi connectivity index (χ0n) is 15.6. The molecule has 1 fully saturated rings. The fraction of sp³-hybridized carbons (Fsp3) is 0.350. The Hall–Kier alpha value is -3.29. The van der Waals surface area contributed by atoms with Crippen LogP contribution in [0.3, 0.4) is 0 Å². The molecule has 0 spiro atoms. The molecule has 2 aromatic heterocycles. The monoisotopic (exact) mass is 382 g/mol. The van der Waals surface area contributed by atoms with Crippen LogP contribution < -0.4 is 10.4 Å². The van der Waals surface area contributed by atoms with E-state index < -0.39 is 0 Å². The van der Waals surface area contributed by atoms with Crippen molar-refractivity contribution in [1.29, 1.82) is 0 Å². The molecule has 1 aliphatic rings. The normalized spacial score (nSPS) is 15.0. The first kappa shape index (κ1) is 18.1. The number of carbonyl (C=O) groups is 1. The number of methoxy groups -OCH3 is 1. The minimum absolute atomic E-state index is 0.123. The van der Waals surface area contributed by atoms with Gasteiger partial charge in [0.2, 0.25) is 0 Å². The predicted octanol–water partition coefficient (Wildman–Crippen LogP) is 2.24. The van der Waals surface area contributed by atoms with E-state index in [-0.39, 0.29) is 23.3 Å². The van der Waals surface area contributed by atoms with Gasteiger partial charge in [-0.05, 0) is 24.5 Å². The van der Waals surface area contributed by atoms with E-state index >= 15 is 0 Å². The summed E-state index contributed by atoms with van der Waals surface area (Å²) in [6, 6.07) is 13.1. The van der Waals surface area contributed by atoms with Gasteiger partial charge in [-0.25, -0.2) is 9.89 Å². The van der Waals surface area contributed by atoms with Gasteiger partial charge < -0.3 is 14.1 Å². The number of carbonyl (C=O) groups excluding carboxylic acids is 1. The van der Waals surface area contributed by atoms with Crippen LogP contribution in [0.25, 0.3) is 0 Å². The van der Waals surface area contributed by atoms with Crippen molar-refractivity contribution in [3.8, 4) is 5.95 Å². The summed E-state index contributed by atoms with van der Waals surface area (Å²) in [4.78, 5) is 26.6. The number of hydrogen-bond acceptors (Lipinski definition) is 5. The van der Waals surface area contributed by atoms with Gasteiger partial charge in [0.15, 0.2) is 5.76 Å². The molecule has 1 aromatic carbocycles. The second-order valence-electron chi connectivity index (χ2n) is 6.85. The van der Waals surface area contributed by atoms with Crippen LogP contribution in [0.4, 0.5) is 0 Å². The zero-order chi connectivity index (χ0) is 19.5. The first-order valence-corrected chi connectivity index (χ1v) is 9.28. The molecular weight excluding hydrogens is 360 g/mol. The molecule has 1 saturated heterocycles. The number of likely N-dealkylation sites (tertiary alicyclic amines) is 1. The molecule has 0 saturated carbocycles. The Labute approximate surface area is 161 Å². The summed E-state index contributed by atoms with van der Waals surface area (Å²) in [5.41, 5.74) is 0.840. The number of nitrogens with one attached hydrogen (secondary N) is 1. The number of rotatable bonds is 5. The number of aromatic nitrogens is 3. The molecule has 28 heavy (non-hydrogen) atoms. The molecule has 8 nitrogen and oxygen atoms in total. The van der Waals surface area contributed by atoms with Gasteiger partial charge in [0.1, 0.15) is 5.82 Å². The summed E-state index contributed by atoms with van der Waals surface area (Å²) >= 11 is 0. The highest BCUT2D eigenvalue weighted by Gasteiger charge is 2.29. The van der Waals surface area contributed by atoms with Gasteiger partial charge >= 0.3 is 5.69 Å². The molecule has 0 aliphatic carbocycles. The lowest BCUT2D eigenvalue weighted by Gasteiger charge is -2.31. The predicted molar refractivity (Wildman–Crippen MR) is 102 cm³/mol. The van der Waals surface area contributed by atoms with E-state index in [1.54, 1.807) is 21.6 Å². The van der Waals surface area contributed by atoms with Gasteiger partial charge in [0, 0.05) is 25.1 Å². The van der Waals surface area contributed by atoms with Gasteiger partial charge in [-0.2, -0.15) is 5.10 Å². The lowest BCUT2D eigenvalue weighted by atomic mass is 9.95. The number of H-pyrrole nitrogens is 1. The van der Waals surface area contributed by atoms with Gasteiger partial charge in [0.05, 0.1) is 13.7 Å². The topological polar surface area (TPSA) is 93.4 Å². The minimum atomic E-state index is -0.208. The fourth-order valence-corrected chi connectivity index (χ4v) is 3.60. The summed E-state index contributed by atoms with van der Waals surface area (Å²) in [6.07, 6.45) is 1.48. The maximum absolute atomic E-state index is 12.6. The third kappa shape index (κ3) is 3.58. The number of amides is 1. The van der Waals surface area contributed by atoms with Crippen molar-refractivity contribution < 1.29 is 13.9 Å². The van der Waals surface area contributed by atoms with E-state index in [1.165, 1.54) is 7.11 Å². The summed E-state index contributed by atoms with van der Waals surface area (Å²) in [6.45, 7) is 1.65. The molecule has 0 radical (unpaired) electrons. The Bertz CT molecular complexity index is 997. The maximum Gasteiger partial charge on any atom is 0.343 e. The average Bonchev–Trinajstić information content (AvgIpc) is 3.36. The van der Waals surface area contributed by atoms with E-state index in [4.69, 9.17) is 9.15 Å². The highest BCUT2D eigenvalue weighted by molar-refractivity contribution is 5.91. The van der Waals surface area contributed by atoms with E-state index in [1.807, 2.05) is 30.3 Å². The molecule has 0 bridgehead atoms. The quantitative estimate of drug-likeness (QED) is 0.730. The van der Waals surface area contributed by atoms with Gasteiger partial charge in [0.25, 0.3) is 11.9 Å². The number of benzene rings is 1. The molecular formula is C20H22N4O4. The Morgan fingerprint density at radius 2 is 1.96 bits per heavy atom. The summed E-state index contributed by atoms with van der Waals surface area (Å²) in [5.74, 6) is 1.32. The van der Waals surface area contributed by atoms with Crippen molar-refractivity contribution >= 4 is 5.91 Å². The molecule has 1 amide bonds. The summed E-state index contributed by atoms with van der Waals surface area (Å²) < 4.78 is 12.1. The van der Waals surface area contributed by atoms with Crippen LogP contribution >= 0.6 is 0 Å². The van der Waals surface area contributed by atoms with Crippen molar-refractivity contribution in [2.45, 2.75) is 25.3 Å². The van der Waals surface area contributed by atoms with Gasteiger partial charge in [-0.1, -0.05) is 30.3 Å². The molecule has 0 atom stereocenters. The van der Waals surface area contributed by atoms with Crippen LogP contribution in [-0.4, -0.2) is 45.8 Å². The second-order valence-corrected chi connectivity index (χ2v) is 6.85. The zero-order valence-corrected chi connectivity index (χ0v) is 15.6. The average molecular weight is 382 g/mol. The summed E-state index contributed by atoms with van der Waals surface area (Å²) in [7, 11) is 1.50. The molecule has 1 aliphatic heterocycles. The Morgan fingerprint density at radius 1 is 1.21 bits per heavy atom. The van der Waals surface area contributed by atoms with Crippen LogP contribution in [0.5, 0.6) is 5.95 Å². The number of aromatic amines is 1. The van der Waals surface area contributed by atoms with Gasteiger partial charge in [-0.15, -0.1) is 0 Å². The standard InChI is InChI=1S/C20H22N4O4/c1-27-17-8-7-16(28-17)19(25)23-11-9-15(10-12-23)18-21-22-20(26)24(18)13-14-5-3-2-4-6-14/h2-8,15H,9-13H2,1H3,(H,22,26). The fourth-order valence-electron chi connectivity index (χ4n) is 3.60.